The van der Waals surface area contributed by atoms with Gasteiger partial charge in [-0.15, -0.1) is 12.4 Å². The molecule has 72 valence electrons. The molecule has 1 aromatic rings. The zero-order valence-electron chi connectivity index (χ0n) is 7.54. The summed E-state index contributed by atoms with van der Waals surface area (Å²) in [7, 11) is 0. The predicted molar refractivity (Wildman–Crippen MR) is 58.4 cm³/mol. The van der Waals surface area contributed by atoms with Crippen molar-refractivity contribution in [2.75, 3.05) is 0 Å². The van der Waals surface area contributed by atoms with Crippen molar-refractivity contribution in [1.29, 1.82) is 0 Å². The Balaban J connectivity index is 0. The van der Waals surface area contributed by atoms with Crippen molar-refractivity contribution in [3.05, 3.63) is 22.4 Å². The van der Waals surface area contributed by atoms with Crippen LogP contribution < -0.4 is 11.9 Å². The van der Waals surface area contributed by atoms with E-state index < -0.39 is 0 Å². The molecule has 0 aliphatic heterocycles. The topological polar surface area (TPSA) is 61.0 Å². The molecule has 0 fully saturated rings. The molecule has 5 N–H and O–H groups in total. The van der Waals surface area contributed by atoms with Crippen molar-refractivity contribution in [1.82, 2.24) is 6.15 Å². The summed E-state index contributed by atoms with van der Waals surface area (Å²) in [6, 6.07) is 2.09. The highest BCUT2D eigenvalue weighted by atomic mass is 35.5. The first-order chi connectivity index (χ1) is 4.67. The minimum absolute atomic E-state index is 0. The average molecular weight is 209 g/mol. The van der Waals surface area contributed by atoms with E-state index in [4.69, 9.17) is 5.73 Å². The molecule has 0 aliphatic carbocycles. The van der Waals surface area contributed by atoms with Crippen LogP contribution in [0.5, 0.6) is 0 Å². The van der Waals surface area contributed by atoms with E-state index >= 15 is 0 Å². The third-order valence-electron chi connectivity index (χ3n) is 1.92. The summed E-state index contributed by atoms with van der Waals surface area (Å²) in [5, 5.41) is 4.18. The van der Waals surface area contributed by atoms with Gasteiger partial charge in [-0.05, 0) is 35.7 Å². The van der Waals surface area contributed by atoms with Crippen molar-refractivity contribution >= 4 is 23.7 Å². The Hall–Kier alpha value is -0.0900. The van der Waals surface area contributed by atoms with Gasteiger partial charge in [0.1, 0.15) is 0 Å². The Labute approximate surface area is 84.2 Å². The minimum atomic E-state index is -0.125. The van der Waals surface area contributed by atoms with E-state index in [0.717, 1.165) is 6.42 Å². The smallest absolute Gasteiger partial charge is 0.0386 e. The van der Waals surface area contributed by atoms with Crippen molar-refractivity contribution in [2.24, 2.45) is 5.73 Å². The Morgan fingerprint density at radius 2 is 2.17 bits per heavy atom. The number of hydrogen-bond acceptors (Lipinski definition) is 3. The lowest BCUT2D eigenvalue weighted by molar-refractivity contribution is 0.478. The van der Waals surface area contributed by atoms with Gasteiger partial charge >= 0.3 is 0 Å². The minimum Gasteiger partial charge on any atom is -0.344 e. The van der Waals surface area contributed by atoms with E-state index in [1.54, 1.807) is 11.3 Å². The van der Waals surface area contributed by atoms with Gasteiger partial charge in [-0.3, -0.25) is 0 Å². The van der Waals surface area contributed by atoms with Crippen LogP contribution in [0, 0.1) is 0 Å². The zero-order chi connectivity index (χ0) is 7.61. The Bertz CT molecular complexity index is 197. The molecule has 2 nitrogen and oxygen atoms in total. The highest BCUT2D eigenvalue weighted by Crippen LogP contribution is 2.22. The van der Waals surface area contributed by atoms with E-state index in [-0.39, 0.29) is 24.1 Å². The largest absolute Gasteiger partial charge is 0.344 e. The van der Waals surface area contributed by atoms with Crippen LogP contribution in [0.15, 0.2) is 16.8 Å². The zero-order valence-corrected chi connectivity index (χ0v) is 9.17. The third kappa shape index (κ3) is 3.11. The summed E-state index contributed by atoms with van der Waals surface area (Å²) in [4.78, 5) is 0. The fraction of sp³-hybridized carbons (Fsp3) is 0.500. The van der Waals surface area contributed by atoms with Crippen LogP contribution >= 0.6 is 23.7 Å². The first-order valence-corrected chi connectivity index (χ1v) is 4.42. The van der Waals surface area contributed by atoms with Gasteiger partial charge in [0.05, 0.1) is 0 Å². The molecule has 0 radical (unpaired) electrons. The molecule has 1 heterocycles. The lowest BCUT2D eigenvalue weighted by atomic mass is 9.93. The van der Waals surface area contributed by atoms with Crippen molar-refractivity contribution in [3.8, 4) is 0 Å². The van der Waals surface area contributed by atoms with E-state index in [2.05, 4.69) is 30.7 Å². The summed E-state index contributed by atoms with van der Waals surface area (Å²) >= 11 is 1.70. The summed E-state index contributed by atoms with van der Waals surface area (Å²) in [5.74, 6) is 0. The van der Waals surface area contributed by atoms with Gasteiger partial charge < -0.3 is 11.9 Å². The van der Waals surface area contributed by atoms with Crippen LogP contribution in [0.25, 0.3) is 0 Å². The summed E-state index contributed by atoms with van der Waals surface area (Å²) < 4.78 is 0. The maximum atomic E-state index is 5.99. The van der Waals surface area contributed by atoms with Crippen LogP contribution in [0.2, 0.25) is 0 Å². The molecular weight excluding hydrogens is 192 g/mol. The van der Waals surface area contributed by atoms with Crippen molar-refractivity contribution in [3.63, 3.8) is 0 Å². The number of hydrogen-bond donors (Lipinski definition) is 2. The normalized spacial score (nSPS) is 13.9. The first kappa shape index (κ1) is 14.4. The van der Waals surface area contributed by atoms with Crippen LogP contribution in [-0.4, -0.2) is 0 Å². The summed E-state index contributed by atoms with van der Waals surface area (Å²) in [5.41, 5.74) is 7.11. The number of thiophene rings is 1. The first-order valence-electron chi connectivity index (χ1n) is 3.48. The molecule has 1 aromatic heterocycles. The molecule has 0 aromatic carbocycles. The van der Waals surface area contributed by atoms with E-state index in [9.17, 15) is 0 Å². The van der Waals surface area contributed by atoms with Crippen LogP contribution in [0.3, 0.4) is 0 Å². The van der Waals surface area contributed by atoms with Gasteiger partial charge in [-0.25, -0.2) is 0 Å². The monoisotopic (exact) mass is 208 g/mol. The predicted octanol–water partition coefficient (Wildman–Crippen LogP) is 2.92. The van der Waals surface area contributed by atoms with Gasteiger partial charge in [-0.2, -0.15) is 11.3 Å². The fourth-order valence-corrected chi connectivity index (χ4v) is 1.59. The standard InChI is InChI=1S/C8H13NS.ClH.H3N/c1-3-8(2,9)7-4-5-10-6-7;;/h4-6H,3,9H2,1-2H3;1H;1H3. The van der Waals surface area contributed by atoms with E-state index in [0.29, 0.717) is 0 Å². The Kier molecular flexibility index (Phi) is 6.66. The second-order valence-corrected chi connectivity index (χ2v) is 3.56. The molecule has 12 heavy (non-hydrogen) atoms. The molecule has 0 saturated heterocycles. The lowest BCUT2D eigenvalue weighted by Crippen LogP contribution is -2.31. The molecule has 1 rings (SSSR count). The van der Waals surface area contributed by atoms with Gasteiger partial charge in [0.25, 0.3) is 0 Å². The maximum Gasteiger partial charge on any atom is 0.0386 e. The fourth-order valence-electron chi connectivity index (χ4n) is 0.794. The van der Waals surface area contributed by atoms with Crippen LogP contribution in [0.1, 0.15) is 25.8 Å². The third-order valence-corrected chi connectivity index (χ3v) is 2.60. The van der Waals surface area contributed by atoms with E-state index in [1.165, 1.54) is 5.56 Å². The molecule has 0 saturated carbocycles. The molecular formula is C8H17ClN2S. The molecule has 1 atom stereocenters. The lowest BCUT2D eigenvalue weighted by Gasteiger charge is -2.20. The van der Waals surface area contributed by atoms with Crippen LogP contribution in [-0.2, 0) is 5.54 Å². The molecule has 0 spiro atoms. The second kappa shape index (κ2) is 5.54. The summed E-state index contributed by atoms with van der Waals surface area (Å²) in [6.07, 6.45) is 0.990. The number of nitrogens with two attached hydrogens (primary N) is 1. The van der Waals surface area contributed by atoms with Crippen molar-refractivity contribution in [2.45, 2.75) is 25.8 Å². The Morgan fingerprint density at radius 3 is 2.50 bits per heavy atom. The molecule has 0 bridgehead atoms. The highest BCUT2D eigenvalue weighted by Gasteiger charge is 2.17. The second-order valence-electron chi connectivity index (χ2n) is 2.78. The SMILES string of the molecule is CCC(C)(N)c1ccsc1.Cl.N. The van der Waals surface area contributed by atoms with Gasteiger partial charge in [0, 0.05) is 5.54 Å². The van der Waals surface area contributed by atoms with Crippen LogP contribution in [0.4, 0.5) is 0 Å². The van der Waals surface area contributed by atoms with Gasteiger partial charge in [0.2, 0.25) is 0 Å². The molecule has 0 amide bonds. The summed E-state index contributed by atoms with van der Waals surface area (Å²) in [6.45, 7) is 4.17. The maximum absolute atomic E-state index is 5.99. The van der Waals surface area contributed by atoms with Gasteiger partial charge in [0.15, 0.2) is 0 Å². The number of halogens is 1. The average Bonchev–Trinajstić information content (AvgIpc) is 2.38. The van der Waals surface area contributed by atoms with E-state index in [1.807, 2.05) is 0 Å². The quantitative estimate of drug-likeness (QED) is 0.785. The molecule has 1 unspecified atom stereocenters. The highest BCUT2D eigenvalue weighted by molar-refractivity contribution is 7.08. The molecule has 0 aliphatic rings. The Morgan fingerprint density at radius 1 is 1.58 bits per heavy atom. The van der Waals surface area contributed by atoms with Gasteiger partial charge in [-0.1, -0.05) is 6.92 Å². The molecule has 4 heteroatoms. The van der Waals surface area contributed by atoms with Crippen molar-refractivity contribution < 1.29 is 0 Å². The number of rotatable bonds is 2.